The molecule has 2 amide bonds. The Kier molecular flexibility index (Phi) is 3.32. The molecule has 3 N–H and O–H groups in total. The molecule has 0 aliphatic carbocycles. The molecule has 0 saturated heterocycles. The van der Waals surface area contributed by atoms with Gasteiger partial charge in [0, 0.05) is 30.7 Å². The standard InChI is InChI=1S/C13H15N3O2/c1-16-8-9(6-7-15-13(18)12(14)17)10-4-2-3-5-11(10)16/h2-5,8H,6-7H2,1H3,(H2,14,17)(H,15,18). The Morgan fingerprint density at radius 2 is 2.06 bits per heavy atom. The van der Waals surface area contributed by atoms with Crippen LogP contribution in [0.1, 0.15) is 5.56 Å². The second-order valence-electron chi connectivity index (χ2n) is 4.15. The number of nitrogens with zero attached hydrogens (tertiary/aromatic N) is 1. The van der Waals surface area contributed by atoms with Crippen molar-refractivity contribution in [2.75, 3.05) is 6.54 Å². The predicted molar refractivity (Wildman–Crippen MR) is 68.8 cm³/mol. The number of carbonyl (C=O) groups excluding carboxylic acids is 2. The lowest BCUT2D eigenvalue weighted by Crippen LogP contribution is -2.37. The fraction of sp³-hybridized carbons (Fsp3) is 0.231. The second-order valence-corrected chi connectivity index (χ2v) is 4.15. The minimum absolute atomic E-state index is 0.399. The highest BCUT2D eigenvalue weighted by Gasteiger charge is 2.09. The van der Waals surface area contributed by atoms with Crippen LogP contribution in [0.5, 0.6) is 0 Å². The third-order valence-corrected chi connectivity index (χ3v) is 2.88. The maximum Gasteiger partial charge on any atom is 0.309 e. The zero-order valence-corrected chi connectivity index (χ0v) is 10.1. The van der Waals surface area contributed by atoms with Crippen molar-refractivity contribution >= 4 is 22.7 Å². The molecule has 5 heteroatoms. The summed E-state index contributed by atoms with van der Waals surface area (Å²) < 4.78 is 2.04. The van der Waals surface area contributed by atoms with E-state index in [0.717, 1.165) is 16.5 Å². The molecule has 94 valence electrons. The van der Waals surface area contributed by atoms with Gasteiger partial charge in [0.25, 0.3) is 0 Å². The van der Waals surface area contributed by atoms with Crippen LogP contribution in [0.15, 0.2) is 30.5 Å². The Bertz CT molecular complexity index is 601. The topological polar surface area (TPSA) is 77.1 Å². The Hall–Kier alpha value is -2.30. The molecule has 0 saturated carbocycles. The van der Waals surface area contributed by atoms with E-state index < -0.39 is 11.8 Å². The Morgan fingerprint density at radius 3 is 2.78 bits per heavy atom. The Morgan fingerprint density at radius 1 is 1.33 bits per heavy atom. The lowest BCUT2D eigenvalue weighted by molar-refractivity contribution is -0.137. The molecule has 0 aliphatic rings. The first-order valence-corrected chi connectivity index (χ1v) is 5.70. The average Bonchev–Trinajstić information content (AvgIpc) is 2.67. The maximum absolute atomic E-state index is 11.0. The van der Waals surface area contributed by atoms with Crippen LogP contribution >= 0.6 is 0 Å². The van der Waals surface area contributed by atoms with Crippen LogP contribution in [0.25, 0.3) is 10.9 Å². The predicted octanol–water partition coefficient (Wildman–Crippen LogP) is 0.322. The first-order valence-electron chi connectivity index (χ1n) is 5.70. The number of rotatable bonds is 3. The van der Waals surface area contributed by atoms with E-state index in [1.54, 1.807) is 0 Å². The van der Waals surface area contributed by atoms with Gasteiger partial charge in [0.1, 0.15) is 0 Å². The van der Waals surface area contributed by atoms with E-state index in [0.29, 0.717) is 13.0 Å². The number of para-hydroxylation sites is 1. The van der Waals surface area contributed by atoms with E-state index in [1.807, 2.05) is 42.1 Å². The van der Waals surface area contributed by atoms with Crippen LogP contribution in [-0.4, -0.2) is 22.9 Å². The summed E-state index contributed by atoms with van der Waals surface area (Å²) in [6, 6.07) is 8.05. The van der Waals surface area contributed by atoms with Gasteiger partial charge in [-0.05, 0) is 18.1 Å². The van der Waals surface area contributed by atoms with E-state index in [-0.39, 0.29) is 0 Å². The zero-order chi connectivity index (χ0) is 13.1. The number of amides is 2. The van der Waals surface area contributed by atoms with Crippen molar-refractivity contribution in [3.63, 3.8) is 0 Å². The van der Waals surface area contributed by atoms with Gasteiger partial charge in [-0.25, -0.2) is 0 Å². The first-order chi connectivity index (χ1) is 8.59. The van der Waals surface area contributed by atoms with Gasteiger partial charge < -0.3 is 15.6 Å². The molecule has 2 rings (SSSR count). The van der Waals surface area contributed by atoms with Crippen LogP contribution in [0, 0.1) is 0 Å². The summed E-state index contributed by atoms with van der Waals surface area (Å²) in [6.45, 7) is 0.399. The average molecular weight is 245 g/mol. The number of aryl methyl sites for hydroxylation is 1. The monoisotopic (exact) mass is 245 g/mol. The smallest absolute Gasteiger partial charge is 0.309 e. The zero-order valence-electron chi connectivity index (χ0n) is 10.1. The summed E-state index contributed by atoms with van der Waals surface area (Å²) in [5, 5.41) is 3.64. The van der Waals surface area contributed by atoms with Gasteiger partial charge in [-0.2, -0.15) is 0 Å². The van der Waals surface area contributed by atoms with Gasteiger partial charge in [-0.3, -0.25) is 9.59 Å². The van der Waals surface area contributed by atoms with Crippen LogP contribution in [0.3, 0.4) is 0 Å². The SMILES string of the molecule is Cn1cc(CCNC(=O)C(N)=O)c2ccccc21. The molecule has 2 aromatic rings. The lowest BCUT2D eigenvalue weighted by Gasteiger charge is -2.01. The lowest BCUT2D eigenvalue weighted by atomic mass is 10.1. The minimum Gasteiger partial charge on any atom is -0.361 e. The number of hydrogen-bond donors (Lipinski definition) is 2. The quantitative estimate of drug-likeness (QED) is 0.764. The third kappa shape index (κ3) is 2.34. The number of fused-ring (bicyclic) bond motifs is 1. The highest BCUT2D eigenvalue weighted by molar-refractivity contribution is 6.34. The molecule has 0 bridgehead atoms. The van der Waals surface area contributed by atoms with Crippen molar-refractivity contribution in [3.8, 4) is 0 Å². The molecule has 18 heavy (non-hydrogen) atoms. The third-order valence-electron chi connectivity index (χ3n) is 2.88. The second kappa shape index (κ2) is 4.91. The molecule has 1 heterocycles. The molecule has 0 radical (unpaired) electrons. The van der Waals surface area contributed by atoms with Crippen LogP contribution in [-0.2, 0) is 23.1 Å². The highest BCUT2D eigenvalue weighted by atomic mass is 16.2. The fourth-order valence-corrected chi connectivity index (χ4v) is 2.02. The molecule has 5 nitrogen and oxygen atoms in total. The van der Waals surface area contributed by atoms with Crippen molar-refractivity contribution in [3.05, 3.63) is 36.0 Å². The van der Waals surface area contributed by atoms with Crippen LogP contribution in [0.4, 0.5) is 0 Å². The van der Waals surface area contributed by atoms with E-state index in [2.05, 4.69) is 5.32 Å². The number of aromatic nitrogens is 1. The summed E-state index contributed by atoms with van der Waals surface area (Å²) in [5.74, 6) is -1.69. The maximum atomic E-state index is 11.0. The minimum atomic E-state index is -0.951. The van der Waals surface area contributed by atoms with Gasteiger partial charge in [0.2, 0.25) is 0 Å². The molecule has 1 aromatic heterocycles. The van der Waals surface area contributed by atoms with Crippen LogP contribution in [0.2, 0.25) is 0 Å². The van der Waals surface area contributed by atoms with Crippen molar-refractivity contribution in [2.24, 2.45) is 12.8 Å². The van der Waals surface area contributed by atoms with Crippen molar-refractivity contribution in [1.82, 2.24) is 9.88 Å². The summed E-state index contributed by atoms with van der Waals surface area (Å²) >= 11 is 0. The molecule has 0 unspecified atom stereocenters. The van der Waals surface area contributed by atoms with Gasteiger partial charge in [-0.1, -0.05) is 18.2 Å². The molecule has 0 fully saturated rings. The van der Waals surface area contributed by atoms with E-state index in [4.69, 9.17) is 5.73 Å². The van der Waals surface area contributed by atoms with E-state index in [9.17, 15) is 9.59 Å². The van der Waals surface area contributed by atoms with Crippen molar-refractivity contribution in [2.45, 2.75) is 6.42 Å². The summed E-state index contributed by atoms with van der Waals surface area (Å²) in [7, 11) is 1.98. The van der Waals surface area contributed by atoms with Crippen molar-refractivity contribution in [1.29, 1.82) is 0 Å². The van der Waals surface area contributed by atoms with Crippen molar-refractivity contribution < 1.29 is 9.59 Å². The largest absolute Gasteiger partial charge is 0.361 e. The van der Waals surface area contributed by atoms with Gasteiger partial charge in [0.05, 0.1) is 0 Å². The summed E-state index contributed by atoms with van der Waals surface area (Å²) in [6.07, 6.45) is 2.70. The number of nitrogens with one attached hydrogen (secondary N) is 1. The molecule has 0 spiro atoms. The number of hydrogen-bond acceptors (Lipinski definition) is 2. The Balaban J connectivity index is 2.08. The van der Waals surface area contributed by atoms with E-state index in [1.165, 1.54) is 0 Å². The molecular formula is C13H15N3O2. The fourth-order valence-electron chi connectivity index (χ4n) is 2.02. The molecular weight excluding hydrogens is 230 g/mol. The summed E-state index contributed by atoms with van der Waals surface area (Å²) in [5.41, 5.74) is 7.14. The normalized spacial score (nSPS) is 10.5. The molecule has 1 aromatic carbocycles. The number of benzene rings is 1. The number of primary amides is 1. The molecule has 0 atom stereocenters. The number of carbonyl (C=O) groups is 2. The first kappa shape index (κ1) is 12.2. The highest BCUT2D eigenvalue weighted by Crippen LogP contribution is 2.20. The van der Waals surface area contributed by atoms with E-state index >= 15 is 0 Å². The summed E-state index contributed by atoms with van der Waals surface area (Å²) in [4.78, 5) is 21.6. The Labute approximate surface area is 105 Å². The molecule has 0 aliphatic heterocycles. The number of nitrogens with two attached hydrogens (primary N) is 1. The van der Waals surface area contributed by atoms with Gasteiger partial charge in [-0.15, -0.1) is 0 Å². The van der Waals surface area contributed by atoms with Gasteiger partial charge >= 0.3 is 11.8 Å². The van der Waals surface area contributed by atoms with Gasteiger partial charge in [0.15, 0.2) is 0 Å². The van der Waals surface area contributed by atoms with Crippen LogP contribution < -0.4 is 11.1 Å².